The van der Waals surface area contributed by atoms with E-state index in [-0.39, 0.29) is 16.7 Å². The van der Waals surface area contributed by atoms with Crippen LogP contribution in [0.2, 0.25) is 0 Å². The minimum Gasteiger partial charge on any atom is -0.475 e. The molecule has 10 nitrogen and oxygen atoms in total. The van der Waals surface area contributed by atoms with E-state index in [1.54, 1.807) is 25.5 Å². The van der Waals surface area contributed by atoms with Crippen LogP contribution in [-0.2, 0) is 24.5 Å². The monoisotopic (exact) mass is 502 g/mol. The van der Waals surface area contributed by atoms with Crippen LogP contribution in [0.1, 0.15) is 19.3 Å². The number of likely N-dealkylation sites (tertiary alicyclic amines) is 2. The van der Waals surface area contributed by atoms with Gasteiger partial charge in [0, 0.05) is 72.9 Å². The standard InChI is InChI=1S/C17H32N4O4S.C2HF3O2/c1-18(2)26(23,24)21-9-5-16(6-10-21)13-20(11-12-25-4)14-17(16)7-8-19(3)15(17)22;3-2(4,5)1(6)7/h5-14H2,1-4H3;(H,6,7). The minimum atomic E-state index is -5.08. The molecule has 1 atom stereocenters. The van der Waals surface area contributed by atoms with E-state index in [2.05, 4.69) is 4.90 Å². The normalized spacial score (nSPS) is 26.3. The third kappa shape index (κ3) is 5.45. The van der Waals surface area contributed by atoms with E-state index in [1.165, 1.54) is 4.31 Å². The molecule has 3 heterocycles. The molecule has 0 saturated carbocycles. The van der Waals surface area contributed by atoms with Gasteiger partial charge < -0.3 is 14.7 Å². The summed E-state index contributed by atoms with van der Waals surface area (Å²) in [5, 5.41) is 7.12. The molecule has 192 valence electrons. The first-order chi connectivity index (χ1) is 15.1. The van der Waals surface area contributed by atoms with Crippen molar-refractivity contribution in [2.24, 2.45) is 10.8 Å². The number of rotatable bonds is 5. The number of methoxy groups -OCH3 is 1. The van der Waals surface area contributed by atoms with Crippen molar-refractivity contribution in [1.29, 1.82) is 0 Å². The second-order valence-corrected chi connectivity index (χ2v) is 11.2. The quantitative estimate of drug-likeness (QED) is 0.577. The molecular formula is C19H33F3N4O6S. The fraction of sp³-hybridized carbons (Fsp3) is 0.895. The van der Waals surface area contributed by atoms with Crippen LogP contribution in [0.4, 0.5) is 13.2 Å². The van der Waals surface area contributed by atoms with E-state index in [0.29, 0.717) is 19.7 Å². The highest BCUT2D eigenvalue weighted by atomic mass is 32.2. The third-order valence-corrected chi connectivity index (χ3v) is 8.93. The Balaban J connectivity index is 0.000000479. The van der Waals surface area contributed by atoms with Gasteiger partial charge in [-0.25, -0.2) is 4.79 Å². The molecule has 3 aliphatic rings. The molecule has 0 aromatic rings. The highest BCUT2D eigenvalue weighted by molar-refractivity contribution is 7.86. The van der Waals surface area contributed by atoms with Crippen LogP contribution in [0.25, 0.3) is 0 Å². The summed E-state index contributed by atoms with van der Waals surface area (Å²) in [7, 11) is 3.32. The molecule has 0 aliphatic carbocycles. The maximum absolute atomic E-state index is 13.1. The Morgan fingerprint density at radius 2 is 1.70 bits per heavy atom. The van der Waals surface area contributed by atoms with Gasteiger partial charge >= 0.3 is 12.1 Å². The Hall–Kier alpha value is -1.48. The average Bonchev–Trinajstić information content (AvgIpc) is 3.18. The van der Waals surface area contributed by atoms with Crippen molar-refractivity contribution in [2.45, 2.75) is 25.4 Å². The second-order valence-electron chi connectivity index (χ2n) is 9.03. The van der Waals surface area contributed by atoms with Gasteiger partial charge in [-0.2, -0.15) is 30.2 Å². The molecule has 14 heteroatoms. The number of halogens is 3. The van der Waals surface area contributed by atoms with Crippen molar-refractivity contribution in [3.8, 4) is 0 Å². The van der Waals surface area contributed by atoms with Crippen molar-refractivity contribution >= 4 is 22.1 Å². The summed E-state index contributed by atoms with van der Waals surface area (Å²) in [5.41, 5.74) is -0.510. The summed E-state index contributed by atoms with van der Waals surface area (Å²) in [4.78, 5) is 26.2. The predicted octanol–water partition coefficient (Wildman–Crippen LogP) is 0.319. The molecule has 1 N–H and O–H groups in total. The fourth-order valence-electron chi connectivity index (χ4n) is 5.15. The molecule has 0 radical (unpaired) electrons. The van der Waals surface area contributed by atoms with Gasteiger partial charge in [0.25, 0.3) is 10.2 Å². The van der Waals surface area contributed by atoms with Crippen molar-refractivity contribution in [1.82, 2.24) is 18.4 Å². The van der Waals surface area contributed by atoms with Crippen molar-refractivity contribution in [2.75, 3.05) is 74.1 Å². The van der Waals surface area contributed by atoms with E-state index in [1.807, 2.05) is 11.9 Å². The van der Waals surface area contributed by atoms with Gasteiger partial charge in [0.1, 0.15) is 0 Å². The van der Waals surface area contributed by atoms with E-state index in [4.69, 9.17) is 14.6 Å². The highest BCUT2D eigenvalue weighted by Crippen LogP contribution is 2.57. The molecule has 0 aromatic heterocycles. The summed E-state index contributed by atoms with van der Waals surface area (Å²) in [6.07, 6.45) is -2.74. The van der Waals surface area contributed by atoms with Gasteiger partial charge in [-0.15, -0.1) is 0 Å². The maximum Gasteiger partial charge on any atom is 0.490 e. The van der Waals surface area contributed by atoms with E-state index < -0.39 is 22.4 Å². The molecule has 3 saturated heterocycles. The fourth-order valence-corrected chi connectivity index (χ4v) is 6.25. The van der Waals surface area contributed by atoms with Gasteiger partial charge in [0.2, 0.25) is 5.91 Å². The molecule has 0 aromatic carbocycles. The second kappa shape index (κ2) is 10.0. The molecular weight excluding hydrogens is 469 g/mol. The molecule has 1 unspecified atom stereocenters. The zero-order valence-electron chi connectivity index (χ0n) is 19.4. The van der Waals surface area contributed by atoms with Crippen LogP contribution in [0, 0.1) is 10.8 Å². The Morgan fingerprint density at radius 1 is 1.15 bits per heavy atom. The molecule has 0 bridgehead atoms. The number of nitrogens with zero attached hydrogens (tertiary/aromatic N) is 4. The Kier molecular flexibility index (Phi) is 8.43. The Morgan fingerprint density at radius 3 is 2.09 bits per heavy atom. The Bertz CT molecular complexity index is 830. The van der Waals surface area contributed by atoms with Crippen LogP contribution in [0.5, 0.6) is 0 Å². The van der Waals surface area contributed by atoms with Gasteiger partial charge in [-0.1, -0.05) is 0 Å². The number of hydrogen-bond acceptors (Lipinski definition) is 6. The first-order valence-corrected chi connectivity index (χ1v) is 12.0. The van der Waals surface area contributed by atoms with Crippen LogP contribution >= 0.6 is 0 Å². The zero-order valence-corrected chi connectivity index (χ0v) is 20.2. The first-order valence-electron chi connectivity index (χ1n) is 10.6. The highest BCUT2D eigenvalue weighted by Gasteiger charge is 2.64. The van der Waals surface area contributed by atoms with Crippen molar-refractivity contribution < 1.29 is 41.0 Å². The summed E-state index contributed by atoms with van der Waals surface area (Å²) in [5.74, 6) is -2.52. The van der Waals surface area contributed by atoms with E-state index >= 15 is 0 Å². The molecule has 1 amide bonds. The van der Waals surface area contributed by atoms with Gasteiger partial charge in [0.05, 0.1) is 12.0 Å². The third-order valence-electron chi connectivity index (χ3n) is 6.99. The van der Waals surface area contributed by atoms with Crippen molar-refractivity contribution in [3.63, 3.8) is 0 Å². The molecule has 2 spiro atoms. The number of ether oxygens (including phenoxy) is 1. The summed E-state index contributed by atoms with van der Waals surface area (Å²) in [6, 6.07) is 0. The number of carbonyl (C=O) groups excluding carboxylic acids is 1. The summed E-state index contributed by atoms with van der Waals surface area (Å²) >= 11 is 0. The van der Waals surface area contributed by atoms with E-state index in [0.717, 1.165) is 45.4 Å². The number of carboxylic acids is 1. The first kappa shape index (κ1) is 27.8. The lowest BCUT2D eigenvalue weighted by molar-refractivity contribution is -0.192. The summed E-state index contributed by atoms with van der Waals surface area (Å²) in [6.45, 7) is 4.84. The topological polar surface area (TPSA) is 111 Å². The number of alkyl halides is 3. The van der Waals surface area contributed by atoms with E-state index in [9.17, 15) is 26.4 Å². The van der Waals surface area contributed by atoms with Crippen LogP contribution in [0.3, 0.4) is 0 Å². The number of carbonyl (C=O) groups is 2. The molecule has 3 aliphatic heterocycles. The van der Waals surface area contributed by atoms with Gasteiger partial charge in [0.15, 0.2) is 0 Å². The molecule has 3 fully saturated rings. The lowest BCUT2D eigenvalue weighted by Crippen LogP contribution is -2.54. The average molecular weight is 503 g/mol. The van der Waals surface area contributed by atoms with Crippen LogP contribution in [0.15, 0.2) is 0 Å². The minimum absolute atomic E-state index is 0.138. The molecule has 33 heavy (non-hydrogen) atoms. The SMILES string of the molecule is COCCN1CC2(CCN(S(=O)(=O)N(C)C)CC2)C2(CCN(C)C2=O)C1.O=C(O)C(F)(F)F. The number of amides is 1. The Labute approximate surface area is 192 Å². The van der Waals surface area contributed by atoms with Gasteiger partial charge in [-0.05, 0) is 19.3 Å². The summed E-state index contributed by atoms with van der Waals surface area (Å²) < 4.78 is 64.8. The zero-order chi connectivity index (χ0) is 25.2. The number of fused-ring (bicyclic) bond motifs is 1. The van der Waals surface area contributed by atoms with Crippen molar-refractivity contribution in [3.05, 3.63) is 0 Å². The van der Waals surface area contributed by atoms with Crippen LogP contribution in [-0.4, -0.2) is 124 Å². The molecule has 3 rings (SSSR count). The van der Waals surface area contributed by atoms with Gasteiger partial charge in [-0.3, -0.25) is 9.69 Å². The predicted molar refractivity (Wildman–Crippen MR) is 113 cm³/mol. The number of hydrogen-bond donors (Lipinski definition) is 1. The number of aliphatic carboxylic acids is 1. The lowest BCUT2D eigenvalue weighted by atomic mass is 9.60. The smallest absolute Gasteiger partial charge is 0.475 e. The number of carboxylic acid groups (broad SMARTS) is 1. The van der Waals surface area contributed by atoms with Crippen LogP contribution < -0.4 is 0 Å². The largest absolute Gasteiger partial charge is 0.490 e. The maximum atomic E-state index is 13.1. The lowest BCUT2D eigenvalue weighted by Gasteiger charge is -2.46. The number of piperidine rings is 1.